The van der Waals surface area contributed by atoms with Crippen molar-refractivity contribution in [1.82, 2.24) is 0 Å². The number of ether oxygens (including phenoxy) is 3. The third kappa shape index (κ3) is 1.84. The lowest BCUT2D eigenvalue weighted by Gasteiger charge is -2.72. The Morgan fingerprint density at radius 1 is 0.870 bits per heavy atom. The fourth-order valence-corrected chi connectivity index (χ4v) is 4.25. The highest BCUT2D eigenvalue weighted by atomic mass is 16.5. The van der Waals surface area contributed by atoms with E-state index in [2.05, 4.69) is 4.74 Å². The summed E-state index contributed by atoms with van der Waals surface area (Å²) in [6, 6.07) is 6.78. The molecule has 2 bridgehead atoms. The van der Waals surface area contributed by atoms with Crippen molar-refractivity contribution in [3.63, 3.8) is 0 Å². The second-order valence-corrected chi connectivity index (χ2v) is 6.20. The van der Waals surface area contributed by atoms with Gasteiger partial charge in [0.05, 0.1) is 37.7 Å². The average Bonchev–Trinajstić information content (AvgIpc) is 2.52. The van der Waals surface area contributed by atoms with Crippen LogP contribution in [-0.4, -0.2) is 39.2 Å². The summed E-state index contributed by atoms with van der Waals surface area (Å²) in [6.07, 6.45) is 0.894. The molecule has 1 aromatic carbocycles. The summed E-state index contributed by atoms with van der Waals surface area (Å²) in [5.74, 6) is -1.31. The first-order valence-corrected chi connectivity index (χ1v) is 7.30. The molecule has 4 rings (SSSR count). The first kappa shape index (κ1) is 15.5. The van der Waals surface area contributed by atoms with Crippen molar-refractivity contribution in [2.24, 2.45) is 10.8 Å². The van der Waals surface area contributed by atoms with E-state index < -0.39 is 16.8 Å². The van der Waals surface area contributed by atoms with Crippen LogP contribution in [0, 0.1) is 10.8 Å². The molecular weight excluding hydrogens is 300 g/mol. The van der Waals surface area contributed by atoms with Gasteiger partial charge in [-0.05, 0) is 30.5 Å². The predicted molar refractivity (Wildman–Crippen MR) is 78.7 cm³/mol. The van der Waals surface area contributed by atoms with Gasteiger partial charge in [-0.3, -0.25) is 9.59 Å². The van der Waals surface area contributed by atoms with Crippen LogP contribution in [-0.2, 0) is 23.8 Å². The smallest absolute Gasteiger partial charge is 0.337 e. The molecule has 0 aliphatic heterocycles. The number of carbonyl (C=O) groups is 3. The molecule has 0 atom stereocenters. The average molecular weight is 318 g/mol. The quantitative estimate of drug-likeness (QED) is 0.621. The predicted octanol–water partition coefficient (Wildman–Crippen LogP) is 1.68. The summed E-state index contributed by atoms with van der Waals surface area (Å²) in [7, 11) is 4.02. The zero-order chi connectivity index (χ0) is 16.8. The Morgan fingerprint density at radius 2 is 1.35 bits per heavy atom. The molecule has 23 heavy (non-hydrogen) atoms. The van der Waals surface area contributed by atoms with Crippen molar-refractivity contribution in [2.45, 2.75) is 18.8 Å². The fraction of sp³-hybridized carbons (Fsp3) is 0.471. The van der Waals surface area contributed by atoms with E-state index in [0.717, 1.165) is 5.56 Å². The standard InChI is InChI=1S/C17H18O6/c1-21-13(18)11-6-4-10(5-7-11)12-16(14(19)22-2)8-17(12,9-16)15(20)23-3/h4-7,12H,8-9H2,1-3H3. The zero-order valence-electron chi connectivity index (χ0n) is 13.3. The van der Waals surface area contributed by atoms with E-state index in [0.29, 0.717) is 18.4 Å². The van der Waals surface area contributed by atoms with E-state index in [1.54, 1.807) is 24.3 Å². The Balaban J connectivity index is 1.94. The van der Waals surface area contributed by atoms with Crippen LogP contribution < -0.4 is 0 Å². The zero-order valence-corrected chi connectivity index (χ0v) is 13.3. The summed E-state index contributed by atoms with van der Waals surface area (Å²) < 4.78 is 14.5. The van der Waals surface area contributed by atoms with Crippen LogP contribution in [0.2, 0.25) is 0 Å². The van der Waals surface area contributed by atoms with Gasteiger partial charge in [-0.15, -0.1) is 0 Å². The first-order valence-electron chi connectivity index (χ1n) is 7.30. The molecule has 6 heteroatoms. The van der Waals surface area contributed by atoms with E-state index in [1.165, 1.54) is 21.3 Å². The molecule has 0 aromatic heterocycles. The van der Waals surface area contributed by atoms with Crippen molar-refractivity contribution in [3.05, 3.63) is 35.4 Å². The molecule has 0 N–H and O–H groups in total. The molecule has 0 saturated heterocycles. The number of esters is 3. The van der Waals surface area contributed by atoms with Crippen molar-refractivity contribution in [1.29, 1.82) is 0 Å². The number of hydrogen-bond acceptors (Lipinski definition) is 6. The van der Waals surface area contributed by atoms with Crippen molar-refractivity contribution in [3.8, 4) is 0 Å². The maximum atomic E-state index is 12.2. The molecule has 6 nitrogen and oxygen atoms in total. The van der Waals surface area contributed by atoms with Crippen LogP contribution in [0.25, 0.3) is 0 Å². The largest absolute Gasteiger partial charge is 0.469 e. The minimum absolute atomic E-state index is 0.276. The number of hydrogen-bond donors (Lipinski definition) is 0. The van der Waals surface area contributed by atoms with Crippen LogP contribution in [0.15, 0.2) is 24.3 Å². The van der Waals surface area contributed by atoms with Crippen LogP contribution in [0.5, 0.6) is 0 Å². The van der Waals surface area contributed by atoms with Gasteiger partial charge in [0.1, 0.15) is 0 Å². The van der Waals surface area contributed by atoms with Gasteiger partial charge in [0, 0.05) is 5.92 Å². The van der Waals surface area contributed by atoms with Gasteiger partial charge in [0.25, 0.3) is 0 Å². The van der Waals surface area contributed by atoms with E-state index in [9.17, 15) is 14.4 Å². The fourth-order valence-electron chi connectivity index (χ4n) is 4.25. The van der Waals surface area contributed by atoms with Crippen molar-refractivity contribution >= 4 is 17.9 Å². The maximum absolute atomic E-state index is 12.2. The molecule has 3 fully saturated rings. The van der Waals surface area contributed by atoms with Gasteiger partial charge < -0.3 is 14.2 Å². The first-order chi connectivity index (χ1) is 10.9. The van der Waals surface area contributed by atoms with E-state index >= 15 is 0 Å². The maximum Gasteiger partial charge on any atom is 0.337 e. The summed E-state index contributed by atoms with van der Waals surface area (Å²) in [5, 5.41) is 0. The Bertz CT molecular complexity index is 641. The molecule has 0 spiro atoms. The molecule has 0 radical (unpaired) electrons. The van der Waals surface area contributed by atoms with Crippen LogP contribution in [0.4, 0.5) is 0 Å². The summed E-state index contributed by atoms with van der Waals surface area (Å²) in [4.78, 5) is 35.8. The number of carbonyl (C=O) groups excluding carboxylic acids is 3. The lowest BCUT2D eigenvalue weighted by molar-refractivity contribution is -0.249. The van der Waals surface area contributed by atoms with Crippen LogP contribution >= 0.6 is 0 Å². The van der Waals surface area contributed by atoms with Gasteiger partial charge in [0.15, 0.2) is 0 Å². The van der Waals surface area contributed by atoms with E-state index in [-0.39, 0.29) is 17.9 Å². The topological polar surface area (TPSA) is 78.9 Å². The Morgan fingerprint density at radius 3 is 1.74 bits per heavy atom. The molecule has 3 aliphatic rings. The second-order valence-electron chi connectivity index (χ2n) is 6.20. The number of benzene rings is 1. The third-order valence-corrected chi connectivity index (χ3v) is 5.22. The molecule has 0 amide bonds. The van der Waals surface area contributed by atoms with Gasteiger partial charge in [0.2, 0.25) is 0 Å². The van der Waals surface area contributed by atoms with Crippen molar-refractivity contribution in [2.75, 3.05) is 21.3 Å². The monoisotopic (exact) mass is 318 g/mol. The SMILES string of the molecule is COC(=O)c1ccc(C2C3(C(=O)OC)CC2(C(=O)OC)C3)cc1. The van der Waals surface area contributed by atoms with Crippen LogP contribution in [0.1, 0.15) is 34.7 Å². The minimum atomic E-state index is -0.657. The summed E-state index contributed by atoms with van der Waals surface area (Å²) >= 11 is 0. The lowest BCUT2D eigenvalue weighted by atomic mass is 9.28. The van der Waals surface area contributed by atoms with Gasteiger partial charge in [-0.1, -0.05) is 12.1 Å². The van der Waals surface area contributed by atoms with E-state index in [1.807, 2.05) is 0 Å². The Kier molecular flexibility index (Phi) is 3.43. The molecule has 3 aliphatic carbocycles. The number of methoxy groups -OCH3 is 3. The highest BCUT2D eigenvalue weighted by molar-refractivity contribution is 5.94. The van der Waals surface area contributed by atoms with Crippen molar-refractivity contribution < 1.29 is 28.6 Å². The lowest BCUT2D eigenvalue weighted by Crippen LogP contribution is -2.74. The number of rotatable bonds is 4. The normalized spacial score (nSPS) is 30.5. The second kappa shape index (κ2) is 5.08. The highest BCUT2D eigenvalue weighted by Crippen LogP contribution is 2.81. The third-order valence-electron chi connectivity index (χ3n) is 5.22. The molecular formula is C17H18O6. The van der Waals surface area contributed by atoms with Gasteiger partial charge >= 0.3 is 17.9 Å². The van der Waals surface area contributed by atoms with Gasteiger partial charge in [-0.25, -0.2) is 4.79 Å². The molecule has 122 valence electrons. The Hall–Kier alpha value is -2.37. The van der Waals surface area contributed by atoms with Crippen LogP contribution in [0.3, 0.4) is 0 Å². The molecule has 1 aromatic rings. The summed E-state index contributed by atoms with van der Waals surface area (Å²) in [6.45, 7) is 0. The minimum Gasteiger partial charge on any atom is -0.469 e. The Labute approximate surface area is 133 Å². The molecule has 0 heterocycles. The molecule has 0 unspecified atom stereocenters. The highest BCUT2D eigenvalue weighted by Gasteiger charge is 2.83. The molecule has 3 saturated carbocycles. The summed E-state index contributed by atoms with van der Waals surface area (Å²) in [5.41, 5.74) is -0.0692. The van der Waals surface area contributed by atoms with E-state index in [4.69, 9.17) is 9.47 Å². The van der Waals surface area contributed by atoms with Gasteiger partial charge in [-0.2, -0.15) is 0 Å².